The smallest absolute Gasteiger partial charge is 0.129 e. The largest absolute Gasteiger partial charge is 0.308 e. The predicted molar refractivity (Wildman–Crippen MR) is 163 cm³/mol. The van der Waals surface area contributed by atoms with Crippen molar-refractivity contribution in [3.05, 3.63) is 107 Å². The van der Waals surface area contributed by atoms with Gasteiger partial charge in [0, 0.05) is 37.3 Å². The van der Waals surface area contributed by atoms with E-state index < -0.39 is 0 Å². The minimum Gasteiger partial charge on any atom is -0.308 e. The maximum Gasteiger partial charge on any atom is 0.129 e. The van der Waals surface area contributed by atoms with Crippen LogP contribution in [-0.2, 0) is 0 Å². The third-order valence-electron chi connectivity index (χ3n) is 6.43. The lowest BCUT2D eigenvalue weighted by molar-refractivity contribution is 0.119. The van der Waals surface area contributed by atoms with Crippen LogP contribution in [-0.4, -0.2) is 34.2 Å². The van der Waals surface area contributed by atoms with Crippen LogP contribution in [0.1, 0.15) is 57.0 Å². The number of halogens is 1. The lowest BCUT2D eigenvalue weighted by Crippen LogP contribution is -2.44. The fourth-order valence-electron chi connectivity index (χ4n) is 4.34. The van der Waals surface area contributed by atoms with Gasteiger partial charge in [-0.05, 0) is 72.4 Å². The van der Waals surface area contributed by atoms with Gasteiger partial charge in [0.15, 0.2) is 0 Å². The molecule has 0 atom stereocenters. The van der Waals surface area contributed by atoms with E-state index in [-0.39, 0.29) is 5.82 Å². The minimum atomic E-state index is -0.243. The van der Waals surface area contributed by atoms with E-state index in [4.69, 9.17) is 4.99 Å². The summed E-state index contributed by atoms with van der Waals surface area (Å²) in [5.41, 5.74) is 6.41. The summed E-state index contributed by atoms with van der Waals surface area (Å²) < 4.78 is 14.3. The number of hydrogen-bond donors (Lipinski definition) is 0. The van der Waals surface area contributed by atoms with Crippen LogP contribution in [0.25, 0.3) is 11.3 Å². The summed E-state index contributed by atoms with van der Waals surface area (Å²) in [4.78, 5) is 7.93. The van der Waals surface area contributed by atoms with Crippen molar-refractivity contribution >= 4 is 28.3 Å². The zero-order valence-corrected chi connectivity index (χ0v) is 24.7. The molecule has 202 valence electrons. The van der Waals surface area contributed by atoms with Crippen LogP contribution in [0.3, 0.4) is 0 Å². The molecule has 0 amide bonds. The summed E-state index contributed by atoms with van der Waals surface area (Å²) in [7, 11) is 1.97. The topological polar surface area (TPSA) is 22.1 Å². The van der Waals surface area contributed by atoms with E-state index in [1.165, 1.54) is 6.07 Å². The summed E-state index contributed by atoms with van der Waals surface area (Å²) in [6, 6.07) is 9.03. The van der Waals surface area contributed by atoms with Crippen molar-refractivity contribution < 1.29 is 4.39 Å². The van der Waals surface area contributed by atoms with Crippen LogP contribution in [0.2, 0.25) is 0 Å². The Labute approximate surface area is 232 Å². The monoisotopic (exact) mass is 532 g/mol. The van der Waals surface area contributed by atoms with Gasteiger partial charge in [-0.1, -0.05) is 59.6 Å². The maximum atomic E-state index is 14.3. The Morgan fingerprint density at radius 1 is 1.16 bits per heavy atom. The average Bonchev–Trinajstić information content (AvgIpc) is 3.39. The summed E-state index contributed by atoms with van der Waals surface area (Å²) >= 11 is 1.64. The van der Waals surface area contributed by atoms with Crippen LogP contribution < -0.4 is 0 Å². The van der Waals surface area contributed by atoms with Crippen LogP contribution in [0, 0.1) is 24.6 Å². The molecule has 1 aromatic carbocycles. The number of aryl methyl sites for hydroxylation is 1. The van der Waals surface area contributed by atoms with Gasteiger partial charge in [-0.2, -0.15) is 0 Å². The molecule has 0 radical (unpaired) electrons. The van der Waals surface area contributed by atoms with Crippen molar-refractivity contribution in [1.82, 2.24) is 14.9 Å². The molecule has 1 aliphatic heterocycles. The van der Waals surface area contributed by atoms with Crippen molar-refractivity contribution in [3.8, 4) is 0 Å². The molecule has 0 saturated heterocycles. The molecule has 4 nitrogen and oxygen atoms in total. The summed E-state index contributed by atoms with van der Waals surface area (Å²) in [6.07, 6.45) is 4.90. The van der Waals surface area contributed by atoms with Crippen molar-refractivity contribution in [2.24, 2.45) is 16.8 Å². The van der Waals surface area contributed by atoms with Gasteiger partial charge < -0.3 is 4.90 Å². The zero-order valence-electron chi connectivity index (χ0n) is 23.9. The van der Waals surface area contributed by atoms with Gasteiger partial charge in [0.2, 0.25) is 0 Å². The number of hydrogen-bond acceptors (Lipinski definition) is 5. The molecular weight excluding hydrogens is 491 g/mol. The Kier molecular flexibility index (Phi) is 9.55. The molecular formula is C32H41FN4S. The fourth-order valence-corrected chi connectivity index (χ4v) is 5.07. The normalized spacial score (nSPS) is 15.1. The lowest BCUT2D eigenvalue weighted by atomic mass is 9.93. The number of hydrazine groups is 1. The number of benzene rings is 1. The molecule has 1 aliphatic rings. The molecule has 0 bridgehead atoms. The second kappa shape index (κ2) is 12.4. The van der Waals surface area contributed by atoms with Gasteiger partial charge in [-0.15, -0.1) is 11.3 Å². The number of rotatable bonds is 10. The van der Waals surface area contributed by atoms with Crippen molar-refractivity contribution in [3.63, 3.8) is 0 Å². The molecule has 0 fully saturated rings. The SMILES string of the molecule is C=C(c1cccs1)N(C)N1C(=C)C(C(C)=NCC(C)C)=CN(/C=C(\CC(C)C)c2cc(F)ccc2C)C1=C. The molecule has 3 rings (SSSR count). The highest BCUT2D eigenvalue weighted by atomic mass is 32.1. The molecule has 0 N–H and O–H groups in total. The first kappa shape index (κ1) is 29.2. The van der Waals surface area contributed by atoms with E-state index in [0.29, 0.717) is 17.7 Å². The van der Waals surface area contributed by atoms with Crippen LogP contribution >= 0.6 is 11.3 Å². The van der Waals surface area contributed by atoms with Crippen molar-refractivity contribution in [1.29, 1.82) is 0 Å². The zero-order chi connectivity index (χ0) is 28.1. The molecule has 38 heavy (non-hydrogen) atoms. The Balaban J connectivity index is 2.15. The Hall–Kier alpha value is -3.38. The van der Waals surface area contributed by atoms with Crippen LogP contribution in [0.4, 0.5) is 4.39 Å². The van der Waals surface area contributed by atoms with Crippen LogP contribution in [0.5, 0.6) is 0 Å². The molecule has 0 saturated carbocycles. The fraction of sp³-hybridized carbons (Fsp3) is 0.344. The number of thiophene rings is 1. The van der Waals surface area contributed by atoms with Crippen molar-refractivity contribution in [2.45, 2.75) is 48.0 Å². The second-order valence-corrected chi connectivity index (χ2v) is 11.6. The van der Waals surface area contributed by atoms with E-state index in [0.717, 1.165) is 57.2 Å². The summed E-state index contributed by atoms with van der Waals surface area (Å²) in [6.45, 7) is 26.7. The highest BCUT2D eigenvalue weighted by molar-refractivity contribution is 7.11. The van der Waals surface area contributed by atoms with Gasteiger partial charge in [-0.25, -0.2) is 9.40 Å². The molecule has 2 aromatic rings. The highest BCUT2D eigenvalue weighted by Gasteiger charge is 2.30. The molecule has 6 heteroatoms. The van der Waals surface area contributed by atoms with E-state index in [1.54, 1.807) is 17.4 Å². The van der Waals surface area contributed by atoms with Crippen LogP contribution in [0.15, 0.2) is 89.9 Å². The first-order valence-electron chi connectivity index (χ1n) is 13.0. The first-order chi connectivity index (χ1) is 17.9. The number of aliphatic imine (C=N–C) groups is 1. The Bertz CT molecular complexity index is 1280. The number of nitrogens with zero attached hydrogens (tertiary/aromatic N) is 4. The Morgan fingerprint density at radius 3 is 2.47 bits per heavy atom. The third-order valence-corrected chi connectivity index (χ3v) is 7.34. The van der Waals surface area contributed by atoms with E-state index in [1.807, 2.05) is 59.5 Å². The second-order valence-electron chi connectivity index (χ2n) is 10.6. The molecule has 0 spiro atoms. The van der Waals surface area contributed by atoms with Gasteiger partial charge in [0.25, 0.3) is 0 Å². The van der Waals surface area contributed by atoms with Gasteiger partial charge in [0.05, 0.1) is 16.3 Å². The lowest BCUT2D eigenvalue weighted by Gasteiger charge is -2.44. The van der Waals surface area contributed by atoms with Crippen molar-refractivity contribution in [2.75, 3.05) is 13.6 Å². The molecule has 2 heterocycles. The summed E-state index contributed by atoms with van der Waals surface area (Å²) in [5.74, 6) is 1.28. The molecule has 1 aromatic heterocycles. The molecule has 0 unspecified atom stereocenters. The summed E-state index contributed by atoms with van der Waals surface area (Å²) in [5, 5.41) is 6.00. The Morgan fingerprint density at radius 2 is 1.87 bits per heavy atom. The quantitative estimate of drug-likeness (QED) is 0.286. The number of allylic oxidation sites excluding steroid dienone is 2. The predicted octanol–water partition coefficient (Wildman–Crippen LogP) is 8.70. The van der Waals surface area contributed by atoms with E-state index in [2.05, 4.69) is 59.7 Å². The van der Waals surface area contributed by atoms with Gasteiger partial charge >= 0.3 is 0 Å². The molecule has 0 aliphatic carbocycles. The average molecular weight is 533 g/mol. The highest BCUT2D eigenvalue weighted by Crippen LogP contribution is 2.36. The van der Waals surface area contributed by atoms with E-state index in [9.17, 15) is 4.39 Å². The van der Waals surface area contributed by atoms with Gasteiger partial charge in [-0.3, -0.25) is 10.0 Å². The third kappa shape index (κ3) is 6.73. The first-order valence-corrected chi connectivity index (χ1v) is 13.9. The van der Waals surface area contributed by atoms with Gasteiger partial charge in [0.1, 0.15) is 11.6 Å². The minimum absolute atomic E-state index is 0.243. The maximum absolute atomic E-state index is 14.3. The van der Waals surface area contributed by atoms with E-state index >= 15 is 0 Å². The standard InChI is InChI=1S/C32H41FN4S/c1-21(2)16-28(30-17-29(33)14-13-23(30)5)19-36-20-31(24(6)34-18-22(3)4)25(7)37(27(36)9)35(10)26(8)32-12-11-15-38-32/h11-15,17,19-22H,7-9,16,18H2,1-6,10H3/b28-19+,34-24?.